The standard InChI is InChI=1S/C17H26N2O/c1-3-19-11-5-9-17(19,2)13-20-15-8-7-14-6-4-10-18-16(14)12-15/h7-8,12,18H,3-6,9-11,13H2,1-2H3. The lowest BCUT2D eigenvalue weighted by atomic mass is 10.00. The predicted molar refractivity (Wildman–Crippen MR) is 83.6 cm³/mol. The summed E-state index contributed by atoms with van der Waals surface area (Å²) in [5, 5.41) is 3.47. The summed E-state index contributed by atoms with van der Waals surface area (Å²) in [5.41, 5.74) is 2.89. The Balaban J connectivity index is 1.66. The Labute approximate surface area is 122 Å². The number of fused-ring (bicyclic) bond motifs is 1. The van der Waals surface area contributed by atoms with Crippen LogP contribution in [0.25, 0.3) is 0 Å². The van der Waals surface area contributed by atoms with Gasteiger partial charge in [-0.15, -0.1) is 0 Å². The van der Waals surface area contributed by atoms with Crippen LogP contribution in [0.15, 0.2) is 18.2 Å². The van der Waals surface area contributed by atoms with Crippen molar-refractivity contribution in [1.29, 1.82) is 0 Å². The molecule has 0 aliphatic carbocycles. The zero-order chi connectivity index (χ0) is 14.0. The van der Waals surface area contributed by atoms with Crippen LogP contribution >= 0.6 is 0 Å². The highest BCUT2D eigenvalue weighted by atomic mass is 16.5. The fraction of sp³-hybridized carbons (Fsp3) is 0.647. The third kappa shape index (κ3) is 2.64. The van der Waals surface area contributed by atoms with E-state index in [2.05, 4.69) is 42.3 Å². The summed E-state index contributed by atoms with van der Waals surface area (Å²) in [5.74, 6) is 1.00. The van der Waals surface area contributed by atoms with E-state index in [0.29, 0.717) is 0 Å². The molecule has 0 saturated carbocycles. The Bertz CT molecular complexity index is 474. The Morgan fingerprint density at radius 3 is 3.10 bits per heavy atom. The second-order valence-corrected chi connectivity index (χ2v) is 6.32. The van der Waals surface area contributed by atoms with Crippen LogP contribution in [0.5, 0.6) is 5.75 Å². The predicted octanol–water partition coefficient (Wildman–Crippen LogP) is 3.30. The highest BCUT2D eigenvalue weighted by Crippen LogP contribution is 2.31. The topological polar surface area (TPSA) is 24.5 Å². The largest absolute Gasteiger partial charge is 0.492 e. The van der Waals surface area contributed by atoms with Gasteiger partial charge in [0.25, 0.3) is 0 Å². The number of likely N-dealkylation sites (tertiary alicyclic amines) is 1. The molecule has 1 aromatic carbocycles. The van der Waals surface area contributed by atoms with Crippen molar-refractivity contribution in [2.75, 3.05) is 31.6 Å². The number of nitrogens with one attached hydrogen (secondary N) is 1. The van der Waals surface area contributed by atoms with Gasteiger partial charge in [0, 0.05) is 18.3 Å². The zero-order valence-electron chi connectivity index (χ0n) is 12.7. The van der Waals surface area contributed by atoms with E-state index in [1.165, 1.54) is 43.5 Å². The van der Waals surface area contributed by atoms with E-state index in [-0.39, 0.29) is 5.54 Å². The first kappa shape index (κ1) is 13.7. The first-order valence-electron chi connectivity index (χ1n) is 7.96. The van der Waals surface area contributed by atoms with E-state index in [1.54, 1.807) is 0 Å². The number of rotatable bonds is 4. The van der Waals surface area contributed by atoms with Crippen LogP contribution in [-0.4, -0.2) is 36.7 Å². The molecule has 110 valence electrons. The molecule has 1 fully saturated rings. The Hall–Kier alpha value is -1.22. The normalized spacial score (nSPS) is 26.1. The molecule has 3 nitrogen and oxygen atoms in total. The molecule has 1 N–H and O–H groups in total. The molecule has 1 aromatic rings. The quantitative estimate of drug-likeness (QED) is 0.911. The zero-order valence-corrected chi connectivity index (χ0v) is 12.7. The highest BCUT2D eigenvalue weighted by Gasteiger charge is 2.36. The van der Waals surface area contributed by atoms with Gasteiger partial charge in [0.05, 0.1) is 5.54 Å². The molecule has 2 aliphatic heterocycles. The van der Waals surface area contributed by atoms with Gasteiger partial charge in [-0.3, -0.25) is 4.90 Å². The van der Waals surface area contributed by atoms with Crippen molar-refractivity contribution in [3.8, 4) is 5.75 Å². The van der Waals surface area contributed by atoms with E-state index >= 15 is 0 Å². The third-order valence-electron chi connectivity index (χ3n) is 4.86. The molecule has 0 bridgehead atoms. The molecule has 1 atom stereocenters. The van der Waals surface area contributed by atoms with Gasteiger partial charge in [-0.25, -0.2) is 0 Å². The van der Waals surface area contributed by atoms with Crippen LogP contribution in [0.4, 0.5) is 5.69 Å². The van der Waals surface area contributed by atoms with Crippen molar-refractivity contribution >= 4 is 5.69 Å². The van der Waals surface area contributed by atoms with Crippen molar-refractivity contribution in [3.05, 3.63) is 23.8 Å². The summed E-state index contributed by atoms with van der Waals surface area (Å²) in [6.07, 6.45) is 4.95. The highest BCUT2D eigenvalue weighted by molar-refractivity contribution is 5.56. The summed E-state index contributed by atoms with van der Waals surface area (Å²) >= 11 is 0. The maximum Gasteiger partial charge on any atom is 0.121 e. The van der Waals surface area contributed by atoms with Gasteiger partial charge in [0.15, 0.2) is 0 Å². The van der Waals surface area contributed by atoms with E-state index in [0.717, 1.165) is 25.4 Å². The Morgan fingerprint density at radius 2 is 2.25 bits per heavy atom. The van der Waals surface area contributed by atoms with Crippen molar-refractivity contribution in [2.45, 2.75) is 45.1 Å². The smallest absolute Gasteiger partial charge is 0.121 e. The van der Waals surface area contributed by atoms with Gasteiger partial charge in [0.2, 0.25) is 0 Å². The average molecular weight is 274 g/mol. The SMILES string of the molecule is CCN1CCCC1(C)COc1ccc2c(c1)NCCC2. The van der Waals surface area contributed by atoms with Gasteiger partial charge in [-0.1, -0.05) is 13.0 Å². The number of likely N-dealkylation sites (N-methyl/N-ethyl adjacent to an activating group) is 1. The molecule has 0 radical (unpaired) electrons. The molecule has 0 spiro atoms. The summed E-state index contributed by atoms with van der Waals surface area (Å²) in [6.45, 7) is 8.78. The van der Waals surface area contributed by atoms with E-state index in [4.69, 9.17) is 4.74 Å². The Kier molecular flexibility index (Phi) is 3.88. The van der Waals surface area contributed by atoms with Crippen LogP contribution in [0.1, 0.15) is 38.7 Å². The summed E-state index contributed by atoms with van der Waals surface area (Å²) < 4.78 is 6.11. The van der Waals surface area contributed by atoms with Gasteiger partial charge in [-0.2, -0.15) is 0 Å². The number of aryl methyl sites for hydroxylation is 1. The number of nitrogens with zero attached hydrogens (tertiary/aromatic N) is 1. The molecular formula is C17H26N2O. The lowest BCUT2D eigenvalue weighted by molar-refractivity contribution is 0.0958. The number of anilines is 1. The maximum absolute atomic E-state index is 6.11. The molecule has 1 saturated heterocycles. The number of hydrogen-bond acceptors (Lipinski definition) is 3. The maximum atomic E-state index is 6.11. The molecule has 0 amide bonds. The van der Waals surface area contributed by atoms with Crippen molar-refractivity contribution < 1.29 is 4.74 Å². The molecule has 1 unspecified atom stereocenters. The van der Waals surface area contributed by atoms with Crippen molar-refractivity contribution in [2.24, 2.45) is 0 Å². The van der Waals surface area contributed by atoms with Crippen LogP contribution in [0, 0.1) is 0 Å². The molecule has 0 aromatic heterocycles. The van der Waals surface area contributed by atoms with Crippen molar-refractivity contribution in [1.82, 2.24) is 4.90 Å². The fourth-order valence-corrected chi connectivity index (χ4v) is 3.55. The molecule has 2 heterocycles. The van der Waals surface area contributed by atoms with Crippen LogP contribution in [-0.2, 0) is 6.42 Å². The van der Waals surface area contributed by atoms with Gasteiger partial charge in [0.1, 0.15) is 12.4 Å². The lowest BCUT2D eigenvalue weighted by Crippen LogP contribution is -2.45. The number of hydrogen-bond donors (Lipinski definition) is 1. The van der Waals surface area contributed by atoms with Crippen LogP contribution in [0.3, 0.4) is 0 Å². The fourth-order valence-electron chi connectivity index (χ4n) is 3.55. The van der Waals surface area contributed by atoms with Gasteiger partial charge in [-0.05, 0) is 57.3 Å². The summed E-state index contributed by atoms with van der Waals surface area (Å²) in [4.78, 5) is 2.55. The first-order valence-corrected chi connectivity index (χ1v) is 7.96. The minimum Gasteiger partial charge on any atom is -0.492 e. The molecular weight excluding hydrogens is 248 g/mol. The van der Waals surface area contributed by atoms with Gasteiger partial charge < -0.3 is 10.1 Å². The average Bonchev–Trinajstić information content (AvgIpc) is 2.86. The number of benzene rings is 1. The minimum atomic E-state index is 0.206. The van der Waals surface area contributed by atoms with Gasteiger partial charge >= 0.3 is 0 Å². The lowest BCUT2D eigenvalue weighted by Gasteiger charge is -2.34. The molecule has 2 aliphatic rings. The first-order chi connectivity index (χ1) is 9.71. The summed E-state index contributed by atoms with van der Waals surface area (Å²) in [7, 11) is 0. The van der Waals surface area contributed by atoms with Crippen molar-refractivity contribution in [3.63, 3.8) is 0 Å². The van der Waals surface area contributed by atoms with Crippen LogP contribution < -0.4 is 10.1 Å². The molecule has 20 heavy (non-hydrogen) atoms. The molecule has 3 heteroatoms. The summed E-state index contributed by atoms with van der Waals surface area (Å²) in [6, 6.07) is 6.51. The monoisotopic (exact) mass is 274 g/mol. The second kappa shape index (κ2) is 5.65. The minimum absolute atomic E-state index is 0.206. The van der Waals surface area contributed by atoms with E-state index in [1.807, 2.05) is 0 Å². The Morgan fingerprint density at radius 1 is 1.35 bits per heavy atom. The second-order valence-electron chi connectivity index (χ2n) is 6.32. The van der Waals surface area contributed by atoms with E-state index < -0.39 is 0 Å². The third-order valence-corrected chi connectivity index (χ3v) is 4.86. The molecule has 3 rings (SSSR count). The number of ether oxygens (including phenoxy) is 1. The van der Waals surface area contributed by atoms with E-state index in [9.17, 15) is 0 Å². The van der Waals surface area contributed by atoms with Crippen LogP contribution in [0.2, 0.25) is 0 Å².